The molecule has 0 N–H and O–H groups in total. The molecule has 0 fully saturated rings. The van der Waals surface area contributed by atoms with Gasteiger partial charge in [-0.25, -0.2) is 0 Å². The molecule has 274 valence electrons. The third kappa shape index (κ3) is 6.57. The van der Waals surface area contributed by atoms with Crippen molar-refractivity contribution >= 4 is 55.7 Å². The average molecular weight is 741 g/mol. The van der Waals surface area contributed by atoms with Crippen LogP contribution in [0.3, 0.4) is 0 Å². The van der Waals surface area contributed by atoms with Crippen molar-refractivity contribution in [3.8, 4) is 33.4 Å². The third-order valence-electron chi connectivity index (χ3n) is 11.0. The van der Waals surface area contributed by atoms with Gasteiger partial charge >= 0.3 is 0 Å². The zero-order chi connectivity index (χ0) is 38.7. The van der Waals surface area contributed by atoms with Gasteiger partial charge in [0.05, 0.1) is 0 Å². The summed E-state index contributed by atoms with van der Waals surface area (Å²) in [6, 6.07) is 87.1. The lowest BCUT2D eigenvalue weighted by Crippen LogP contribution is -2.12. The van der Waals surface area contributed by atoms with Crippen LogP contribution in [0, 0.1) is 0 Å². The monoisotopic (exact) mass is 740 g/mol. The van der Waals surface area contributed by atoms with E-state index in [2.05, 4.69) is 252 Å². The van der Waals surface area contributed by atoms with Crippen LogP contribution >= 0.6 is 0 Å². The van der Waals surface area contributed by atoms with Crippen molar-refractivity contribution in [2.45, 2.75) is 0 Å². The fourth-order valence-corrected chi connectivity index (χ4v) is 8.39. The second kappa shape index (κ2) is 15.5. The lowest BCUT2D eigenvalue weighted by molar-refractivity contribution is 1.26. The SMILES string of the molecule is c1ccc(-c2cccc(N(c3ccccc3)c3ccc(N(c4ccccc4)c4ccc(-c5c6ccccc6c(-c6ccccc6)c6ccccc56)cc4)cc3)c2)cc1. The smallest absolute Gasteiger partial charge is 0.0467 e. The minimum Gasteiger partial charge on any atom is -0.311 e. The molecule has 10 aromatic carbocycles. The fraction of sp³-hybridized carbons (Fsp3) is 0. The lowest BCUT2D eigenvalue weighted by atomic mass is 9.86. The van der Waals surface area contributed by atoms with E-state index in [1.54, 1.807) is 0 Å². The first-order valence-electron chi connectivity index (χ1n) is 19.9. The number of para-hydroxylation sites is 2. The molecular weight excluding hydrogens is 701 g/mol. The molecule has 0 heterocycles. The zero-order valence-corrected chi connectivity index (χ0v) is 32.0. The first-order valence-corrected chi connectivity index (χ1v) is 19.9. The Morgan fingerprint density at radius 3 is 0.931 bits per heavy atom. The van der Waals surface area contributed by atoms with E-state index in [1.165, 1.54) is 54.9 Å². The summed E-state index contributed by atoms with van der Waals surface area (Å²) in [4.78, 5) is 4.67. The standard InChI is InChI=1S/C56H40N2/c1-5-18-41(19-6-1)44-22-17-27-50(40-44)58(46-25-11-4-12-26-46)49-38-36-48(37-39-49)57(45-23-9-3-10-24-45)47-34-32-43(33-35-47)56-53-30-15-13-28-51(53)55(42-20-7-2-8-21-42)52-29-14-16-31-54(52)56/h1-40H. The van der Waals surface area contributed by atoms with E-state index >= 15 is 0 Å². The highest BCUT2D eigenvalue weighted by atomic mass is 15.2. The maximum atomic E-state index is 2.34. The van der Waals surface area contributed by atoms with Crippen LogP contribution in [0.5, 0.6) is 0 Å². The highest BCUT2D eigenvalue weighted by molar-refractivity contribution is 6.21. The molecule has 0 bridgehead atoms. The first-order chi connectivity index (χ1) is 28.8. The Labute approximate surface area is 340 Å². The second-order valence-corrected chi connectivity index (χ2v) is 14.5. The van der Waals surface area contributed by atoms with Crippen LogP contribution in [0.25, 0.3) is 54.9 Å². The Bertz CT molecular complexity index is 2900. The number of benzene rings is 10. The molecule has 0 aliphatic carbocycles. The molecule has 0 aromatic heterocycles. The van der Waals surface area contributed by atoms with Gasteiger partial charge in [0, 0.05) is 34.1 Å². The molecule has 2 heteroatoms. The number of rotatable bonds is 9. The topological polar surface area (TPSA) is 6.48 Å². The van der Waals surface area contributed by atoms with Crippen LogP contribution in [-0.4, -0.2) is 0 Å². The number of hydrogen-bond acceptors (Lipinski definition) is 2. The summed E-state index contributed by atoms with van der Waals surface area (Å²) in [5.74, 6) is 0. The van der Waals surface area contributed by atoms with Gasteiger partial charge in [-0.3, -0.25) is 0 Å². The number of nitrogens with zero attached hydrogens (tertiary/aromatic N) is 2. The third-order valence-corrected chi connectivity index (χ3v) is 11.0. The number of fused-ring (bicyclic) bond motifs is 2. The summed E-state index contributed by atoms with van der Waals surface area (Å²) in [5, 5.41) is 5.02. The van der Waals surface area contributed by atoms with Crippen molar-refractivity contribution in [2.75, 3.05) is 9.80 Å². The quantitative estimate of drug-likeness (QED) is 0.136. The summed E-state index contributed by atoms with van der Waals surface area (Å²) in [7, 11) is 0. The predicted molar refractivity (Wildman–Crippen MR) is 247 cm³/mol. The predicted octanol–water partition coefficient (Wildman–Crippen LogP) is 15.9. The average Bonchev–Trinajstić information content (AvgIpc) is 3.30. The van der Waals surface area contributed by atoms with Gasteiger partial charge in [0.2, 0.25) is 0 Å². The van der Waals surface area contributed by atoms with Gasteiger partial charge in [0.1, 0.15) is 0 Å². The van der Waals surface area contributed by atoms with Gasteiger partial charge in [-0.1, -0.05) is 170 Å². The summed E-state index contributed by atoms with van der Waals surface area (Å²) >= 11 is 0. The van der Waals surface area contributed by atoms with Crippen LogP contribution in [0.2, 0.25) is 0 Å². The molecule has 0 radical (unpaired) electrons. The normalized spacial score (nSPS) is 11.1. The van der Waals surface area contributed by atoms with Gasteiger partial charge in [-0.2, -0.15) is 0 Å². The van der Waals surface area contributed by atoms with Crippen molar-refractivity contribution in [1.82, 2.24) is 0 Å². The number of hydrogen-bond donors (Lipinski definition) is 0. The molecule has 0 saturated carbocycles. The molecule has 0 amide bonds. The molecule has 0 aliphatic heterocycles. The lowest BCUT2D eigenvalue weighted by Gasteiger charge is -2.28. The highest BCUT2D eigenvalue weighted by Crippen LogP contribution is 2.45. The van der Waals surface area contributed by atoms with Crippen LogP contribution in [-0.2, 0) is 0 Å². The maximum absolute atomic E-state index is 2.34. The van der Waals surface area contributed by atoms with Crippen molar-refractivity contribution in [1.29, 1.82) is 0 Å². The Kier molecular flexibility index (Phi) is 9.27. The minimum absolute atomic E-state index is 1.08. The summed E-state index contributed by atoms with van der Waals surface area (Å²) in [6.45, 7) is 0. The van der Waals surface area contributed by atoms with E-state index in [0.717, 1.165) is 34.1 Å². The fourth-order valence-electron chi connectivity index (χ4n) is 8.39. The molecule has 10 aromatic rings. The first kappa shape index (κ1) is 34.8. The molecule has 0 atom stereocenters. The van der Waals surface area contributed by atoms with E-state index in [0.29, 0.717) is 0 Å². The second-order valence-electron chi connectivity index (χ2n) is 14.5. The van der Waals surface area contributed by atoms with Crippen molar-refractivity contribution in [3.63, 3.8) is 0 Å². The summed E-state index contributed by atoms with van der Waals surface area (Å²) in [6.07, 6.45) is 0. The van der Waals surface area contributed by atoms with E-state index < -0.39 is 0 Å². The van der Waals surface area contributed by atoms with Gasteiger partial charge in [-0.15, -0.1) is 0 Å². The maximum Gasteiger partial charge on any atom is 0.0467 e. The Balaban J connectivity index is 1.05. The molecule has 10 rings (SSSR count). The molecule has 2 nitrogen and oxygen atoms in total. The van der Waals surface area contributed by atoms with Crippen LogP contribution in [0.1, 0.15) is 0 Å². The Morgan fingerprint density at radius 2 is 0.483 bits per heavy atom. The van der Waals surface area contributed by atoms with Gasteiger partial charge < -0.3 is 9.80 Å². The number of anilines is 6. The van der Waals surface area contributed by atoms with E-state index in [1.807, 2.05) is 0 Å². The molecule has 58 heavy (non-hydrogen) atoms. The Morgan fingerprint density at radius 1 is 0.190 bits per heavy atom. The van der Waals surface area contributed by atoms with Gasteiger partial charge in [-0.05, 0) is 128 Å². The van der Waals surface area contributed by atoms with Crippen LogP contribution < -0.4 is 9.80 Å². The highest BCUT2D eigenvalue weighted by Gasteiger charge is 2.19. The zero-order valence-electron chi connectivity index (χ0n) is 32.0. The molecule has 0 unspecified atom stereocenters. The molecule has 0 spiro atoms. The van der Waals surface area contributed by atoms with E-state index in [4.69, 9.17) is 0 Å². The van der Waals surface area contributed by atoms with E-state index in [9.17, 15) is 0 Å². The van der Waals surface area contributed by atoms with Gasteiger partial charge in [0.25, 0.3) is 0 Å². The van der Waals surface area contributed by atoms with Crippen LogP contribution in [0.15, 0.2) is 243 Å². The molecular formula is C56H40N2. The van der Waals surface area contributed by atoms with E-state index in [-0.39, 0.29) is 0 Å². The Hall–Kier alpha value is -7.68. The summed E-state index contributed by atoms with van der Waals surface area (Å²) in [5.41, 5.74) is 13.9. The molecule has 0 saturated heterocycles. The van der Waals surface area contributed by atoms with Gasteiger partial charge in [0.15, 0.2) is 0 Å². The minimum atomic E-state index is 1.08. The van der Waals surface area contributed by atoms with Crippen molar-refractivity contribution in [3.05, 3.63) is 243 Å². The largest absolute Gasteiger partial charge is 0.311 e. The van der Waals surface area contributed by atoms with Crippen molar-refractivity contribution in [2.24, 2.45) is 0 Å². The van der Waals surface area contributed by atoms with Crippen molar-refractivity contribution < 1.29 is 0 Å². The molecule has 0 aliphatic rings. The van der Waals surface area contributed by atoms with Crippen LogP contribution in [0.4, 0.5) is 34.1 Å². The summed E-state index contributed by atoms with van der Waals surface area (Å²) < 4.78 is 0.